The SMILES string of the molecule is Oc1ccccc1/C=N/c1nnnn1/N=C/c1ccccc1O. The predicted octanol–water partition coefficient (Wildman–Crippen LogP) is 1.72. The lowest BCUT2D eigenvalue weighted by molar-refractivity contribution is 0.474. The van der Waals surface area contributed by atoms with Gasteiger partial charge >= 0.3 is 0 Å². The summed E-state index contributed by atoms with van der Waals surface area (Å²) in [4.78, 5) is 5.21. The maximum Gasteiger partial charge on any atom is 0.291 e. The zero-order valence-electron chi connectivity index (χ0n) is 11.9. The van der Waals surface area contributed by atoms with Crippen LogP contribution in [0.5, 0.6) is 11.5 Å². The molecule has 2 aromatic carbocycles. The summed E-state index contributed by atoms with van der Waals surface area (Å²) in [7, 11) is 0. The van der Waals surface area contributed by atoms with Gasteiger partial charge in [0.25, 0.3) is 5.95 Å². The molecule has 0 saturated carbocycles. The highest BCUT2D eigenvalue weighted by Gasteiger charge is 2.03. The van der Waals surface area contributed by atoms with Gasteiger partial charge < -0.3 is 10.2 Å². The number of aromatic hydroxyl groups is 2. The monoisotopic (exact) mass is 308 g/mol. The van der Waals surface area contributed by atoms with E-state index in [4.69, 9.17) is 0 Å². The Balaban J connectivity index is 1.83. The van der Waals surface area contributed by atoms with Crippen LogP contribution >= 0.6 is 0 Å². The highest BCUT2D eigenvalue weighted by atomic mass is 16.3. The molecule has 1 aromatic heterocycles. The van der Waals surface area contributed by atoms with Crippen molar-refractivity contribution in [1.29, 1.82) is 0 Å². The van der Waals surface area contributed by atoms with E-state index in [1.54, 1.807) is 48.5 Å². The Bertz CT molecular complexity index is 802. The average molecular weight is 308 g/mol. The van der Waals surface area contributed by atoms with Crippen molar-refractivity contribution in [3.05, 3.63) is 59.7 Å². The van der Waals surface area contributed by atoms with Crippen LogP contribution in [0.3, 0.4) is 0 Å². The summed E-state index contributed by atoms with van der Waals surface area (Å²) in [5.41, 5.74) is 1.06. The third-order valence-corrected chi connectivity index (χ3v) is 2.94. The van der Waals surface area contributed by atoms with Gasteiger partial charge in [-0.05, 0) is 34.7 Å². The predicted molar refractivity (Wildman–Crippen MR) is 84.3 cm³/mol. The molecule has 0 aliphatic carbocycles. The molecule has 0 saturated heterocycles. The molecular weight excluding hydrogens is 296 g/mol. The van der Waals surface area contributed by atoms with E-state index in [0.717, 1.165) is 4.79 Å². The molecule has 0 unspecified atom stereocenters. The molecule has 0 fully saturated rings. The van der Waals surface area contributed by atoms with Crippen LogP contribution in [0.25, 0.3) is 0 Å². The molecular formula is C15H12N6O2. The third kappa shape index (κ3) is 3.38. The minimum absolute atomic E-state index is 0.101. The number of benzene rings is 2. The van der Waals surface area contributed by atoms with Crippen LogP contribution in [0.2, 0.25) is 0 Å². The van der Waals surface area contributed by atoms with Gasteiger partial charge in [-0.3, -0.25) is 0 Å². The van der Waals surface area contributed by atoms with Crippen molar-refractivity contribution in [3.8, 4) is 11.5 Å². The summed E-state index contributed by atoms with van der Waals surface area (Å²) < 4.78 is 0. The van der Waals surface area contributed by atoms with E-state index >= 15 is 0 Å². The van der Waals surface area contributed by atoms with Crippen molar-refractivity contribution in [2.75, 3.05) is 0 Å². The number of phenolic OH excluding ortho intramolecular Hbond substituents is 2. The molecule has 0 amide bonds. The Kier molecular flexibility index (Phi) is 4.05. The number of para-hydroxylation sites is 2. The lowest BCUT2D eigenvalue weighted by Gasteiger charge is -1.97. The van der Waals surface area contributed by atoms with Crippen molar-refractivity contribution in [3.63, 3.8) is 0 Å². The van der Waals surface area contributed by atoms with Gasteiger partial charge in [-0.15, -0.1) is 0 Å². The molecule has 0 bridgehead atoms. The first-order chi connectivity index (χ1) is 11.2. The molecule has 0 spiro atoms. The molecule has 23 heavy (non-hydrogen) atoms. The first-order valence-electron chi connectivity index (χ1n) is 6.67. The first-order valence-corrected chi connectivity index (χ1v) is 6.67. The second kappa shape index (κ2) is 6.48. The zero-order chi connectivity index (χ0) is 16.1. The summed E-state index contributed by atoms with van der Waals surface area (Å²) in [5, 5.41) is 34.4. The highest BCUT2D eigenvalue weighted by Crippen LogP contribution is 2.15. The number of aliphatic imine (C=N–C) groups is 1. The van der Waals surface area contributed by atoms with Gasteiger partial charge in [0.2, 0.25) is 0 Å². The Hall–Kier alpha value is -3.55. The maximum absolute atomic E-state index is 9.68. The number of hydrogen-bond donors (Lipinski definition) is 2. The van der Waals surface area contributed by atoms with Crippen LogP contribution in [0.4, 0.5) is 5.95 Å². The fraction of sp³-hybridized carbons (Fsp3) is 0. The van der Waals surface area contributed by atoms with Crippen LogP contribution in [-0.4, -0.2) is 43.0 Å². The second-order valence-electron chi connectivity index (χ2n) is 4.49. The van der Waals surface area contributed by atoms with Crippen molar-refractivity contribution in [2.45, 2.75) is 0 Å². The Morgan fingerprint density at radius 3 is 2.13 bits per heavy atom. The lowest BCUT2D eigenvalue weighted by atomic mass is 10.2. The van der Waals surface area contributed by atoms with Crippen LogP contribution in [0.1, 0.15) is 11.1 Å². The number of aromatic nitrogens is 4. The fourth-order valence-electron chi connectivity index (χ4n) is 1.77. The van der Waals surface area contributed by atoms with E-state index < -0.39 is 0 Å². The lowest BCUT2D eigenvalue weighted by Crippen LogP contribution is -1.94. The summed E-state index contributed by atoms with van der Waals surface area (Å²) >= 11 is 0. The molecule has 3 aromatic rings. The van der Waals surface area contributed by atoms with Gasteiger partial charge in [0.1, 0.15) is 11.5 Å². The Labute approximate surface area is 131 Å². The number of rotatable bonds is 4. The van der Waals surface area contributed by atoms with E-state index in [9.17, 15) is 10.2 Å². The van der Waals surface area contributed by atoms with Gasteiger partial charge in [0, 0.05) is 17.3 Å². The van der Waals surface area contributed by atoms with Gasteiger partial charge in [0.15, 0.2) is 0 Å². The molecule has 0 aliphatic heterocycles. The minimum atomic E-state index is 0.101. The Morgan fingerprint density at radius 2 is 1.48 bits per heavy atom. The summed E-state index contributed by atoms with van der Waals surface area (Å²) in [5.74, 6) is 0.344. The quantitative estimate of drug-likeness (QED) is 0.713. The first kappa shape index (κ1) is 14.4. The molecule has 0 atom stereocenters. The van der Waals surface area contributed by atoms with Crippen LogP contribution in [0.15, 0.2) is 58.6 Å². The van der Waals surface area contributed by atoms with Gasteiger partial charge in [-0.1, -0.05) is 34.2 Å². The molecule has 3 rings (SSSR count). The fourth-order valence-corrected chi connectivity index (χ4v) is 1.77. The number of phenols is 2. The topological polar surface area (TPSA) is 109 Å². The largest absolute Gasteiger partial charge is 0.507 e. The van der Waals surface area contributed by atoms with E-state index in [1.165, 1.54) is 12.4 Å². The molecule has 8 heteroatoms. The van der Waals surface area contributed by atoms with Crippen molar-refractivity contribution in [2.24, 2.45) is 10.1 Å². The van der Waals surface area contributed by atoms with Gasteiger partial charge in [0.05, 0.1) is 6.21 Å². The third-order valence-electron chi connectivity index (χ3n) is 2.94. The van der Waals surface area contributed by atoms with Crippen LogP contribution in [0, 0.1) is 0 Å². The zero-order valence-corrected chi connectivity index (χ0v) is 11.9. The highest BCUT2D eigenvalue weighted by molar-refractivity contribution is 5.85. The molecule has 1 heterocycles. The van der Waals surface area contributed by atoms with Gasteiger partial charge in [-0.25, -0.2) is 4.99 Å². The van der Waals surface area contributed by atoms with E-state index in [1.807, 2.05) is 0 Å². The van der Waals surface area contributed by atoms with Crippen molar-refractivity contribution >= 4 is 18.4 Å². The van der Waals surface area contributed by atoms with Crippen LogP contribution in [-0.2, 0) is 0 Å². The second-order valence-corrected chi connectivity index (χ2v) is 4.49. The Morgan fingerprint density at radius 1 is 0.870 bits per heavy atom. The number of nitrogens with zero attached hydrogens (tertiary/aromatic N) is 6. The van der Waals surface area contributed by atoms with E-state index in [2.05, 4.69) is 25.6 Å². The normalized spacial score (nSPS) is 11.5. The van der Waals surface area contributed by atoms with E-state index in [0.29, 0.717) is 11.1 Å². The van der Waals surface area contributed by atoms with Crippen molar-refractivity contribution in [1.82, 2.24) is 20.3 Å². The summed E-state index contributed by atoms with van der Waals surface area (Å²) in [6.07, 6.45) is 2.86. The maximum atomic E-state index is 9.68. The number of hydrogen-bond acceptors (Lipinski definition) is 7. The van der Waals surface area contributed by atoms with Gasteiger partial charge in [-0.2, -0.15) is 5.10 Å². The number of tetrazole rings is 1. The standard InChI is InChI=1S/C15H12N6O2/c22-13-7-3-1-5-11(13)9-16-15-18-19-20-21(15)17-10-12-6-2-4-8-14(12)23/h1-10,22-23H/b16-9+,17-10+. The molecule has 8 nitrogen and oxygen atoms in total. The minimum Gasteiger partial charge on any atom is -0.507 e. The molecule has 114 valence electrons. The van der Waals surface area contributed by atoms with Crippen LogP contribution < -0.4 is 0 Å². The smallest absolute Gasteiger partial charge is 0.291 e. The molecule has 0 radical (unpaired) electrons. The molecule has 2 N–H and O–H groups in total. The summed E-state index contributed by atoms with van der Waals surface area (Å²) in [6, 6.07) is 13.5. The average Bonchev–Trinajstić information content (AvgIpc) is 3.01. The summed E-state index contributed by atoms with van der Waals surface area (Å²) in [6.45, 7) is 0. The molecule has 0 aliphatic rings. The van der Waals surface area contributed by atoms with Crippen molar-refractivity contribution < 1.29 is 10.2 Å². The van der Waals surface area contributed by atoms with E-state index in [-0.39, 0.29) is 17.4 Å².